The fraction of sp³-hybridized carbons (Fsp3) is 0.400. The minimum atomic E-state index is -2.45. The van der Waals surface area contributed by atoms with Crippen molar-refractivity contribution in [3.8, 4) is 5.75 Å². The van der Waals surface area contributed by atoms with Crippen LogP contribution in [0.3, 0.4) is 0 Å². The number of phenols is 1. The molecule has 32 heavy (non-hydrogen) atoms. The summed E-state index contributed by atoms with van der Waals surface area (Å²) in [7, 11) is 0. The lowest BCUT2D eigenvalue weighted by molar-refractivity contribution is -0.144. The number of benzene rings is 1. The van der Waals surface area contributed by atoms with Gasteiger partial charge in [-0.15, -0.1) is 0 Å². The first kappa shape index (κ1) is 20.7. The van der Waals surface area contributed by atoms with Crippen LogP contribution < -0.4 is 0 Å². The van der Waals surface area contributed by atoms with E-state index in [4.69, 9.17) is 0 Å². The highest BCUT2D eigenvalue weighted by Crippen LogP contribution is 2.52. The molecule has 0 amide bonds. The zero-order valence-corrected chi connectivity index (χ0v) is 17.6. The highest BCUT2D eigenvalue weighted by molar-refractivity contribution is 6.25. The largest absolute Gasteiger partial charge is 0.511 e. The molecule has 0 saturated heterocycles. The van der Waals surface area contributed by atoms with E-state index in [1.54, 1.807) is 6.07 Å². The minimum Gasteiger partial charge on any atom is -0.511 e. The Hall–Kier alpha value is -3.19. The van der Waals surface area contributed by atoms with Crippen LogP contribution in [0.25, 0.3) is 6.08 Å². The van der Waals surface area contributed by atoms with Crippen molar-refractivity contribution in [3.63, 3.8) is 0 Å². The Morgan fingerprint density at radius 1 is 1.12 bits per heavy atom. The first-order valence-electron chi connectivity index (χ1n) is 10.9. The lowest BCUT2D eigenvalue weighted by atomic mass is 9.60. The molecule has 3 atom stereocenters. The molecule has 0 spiro atoms. The number of fused-ring (bicyclic) bond motifs is 3. The predicted octanol–water partition coefficient (Wildman–Crippen LogP) is 3.25. The third kappa shape index (κ3) is 2.67. The lowest BCUT2D eigenvalue weighted by Crippen LogP contribution is -2.56. The molecule has 0 aliphatic heterocycles. The van der Waals surface area contributed by atoms with Gasteiger partial charge in [0.2, 0.25) is 5.78 Å². The van der Waals surface area contributed by atoms with Crippen LogP contribution in [-0.4, -0.2) is 43.4 Å². The van der Waals surface area contributed by atoms with Gasteiger partial charge in [0.15, 0.2) is 17.2 Å². The van der Waals surface area contributed by atoms with Crippen LogP contribution in [0.2, 0.25) is 0 Å². The highest BCUT2D eigenvalue weighted by Gasteiger charge is 2.59. The van der Waals surface area contributed by atoms with Gasteiger partial charge in [0.25, 0.3) is 0 Å². The highest BCUT2D eigenvalue weighted by atomic mass is 16.3. The average molecular weight is 436 g/mol. The molecule has 4 aliphatic rings. The van der Waals surface area contributed by atoms with Gasteiger partial charge in [-0.05, 0) is 62.1 Å². The number of rotatable bonds is 2. The van der Waals surface area contributed by atoms with Gasteiger partial charge < -0.3 is 20.4 Å². The Morgan fingerprint density at radius 2 is 1.84 bits per heavy atom. The molecule has 4 N–H and O–H groups in total. The Labute approximate surface area is 184 Å². The molecule has 5 rings (SSSR count). The summed E-state index contributed by atoms with van der Waals surface area (Å²) in [6, 6.07) is 3.22. The summed E-state index contributed by atoms with van der Waals surface area (Å²) in [6.07, 6.45) is 5.54. The molecule has 4 aliphatic carbocycles. The van der Waals surface area contributed by atoms with E-state index in [2.05, 4.69) is 0 Å². The molecule has 1 aromatic carbocycles. The Morgan fingerprint density at radius 3 is 2.47 bits per heavy atom. The summed E-state index contributed by atoms with van der Waals surface area (Å²) in [6.45, 7) is 1.10. The van der Waals surface area contributed by atoms with Gasteiger partial charge in [-0.25, -0.2) is 0 Å². The van der Waals surface area contributed by atoms with Gasteiger partial charge in [0.1, 0.15) is 22.8 Å². The van der Waals surface area contributed by atoms with Crippen molar-refractivity contribution in [2.24, 2.45) is 11.8 Å². The van der Waals surface area contributed by atoms with Crippen molar-refractivity contribution in [2.75, 3.05) is 0 Å². The van der Waals surface area contributed by atoms with Crippen molar-refractivity contribution < 1.29 is 34.8 Å². The van der Waals surface area contributed by atoms with Crippen LogP contribution in [0.4, 0.5) is 0 Å². The lowest BCUT2D eigenvalue weighted by Gasteiger charge is -2.45. The van der Waals surface area contributed by atoms with Crippen molar-refractivity contribution >= 4 is 23.4 Å². The molecule has 7 heteroatoms. The molecule has 0 aromatic heterocycles. The number of aliphatic hydroxyl groups excluding tert-OH is 2. The standard InChI is InChI=1S/C25H24O7/c1-11(26)19-18(28)10-15-8-14-9-16-13(7-12-3-2-4-12)5-6-17(27)21(16)22(29)20(14)24(31)25(15,32)23(19)30/h5-7,14-15,27-28,31-32H,2-4,8-10H2,1H3. The van der Waals surface area contributed by atoms with Gasteiger partial charge in [0.05, 0.1) is 5.56 Å². The zero-order valence-electron chi connectivity index (χ0n) is 17.6. The van der Waals surface area contributed by atoms with Crippen molar-refractivity contribution in [3.05, 3.63) is 57.1 Å². The van der Waals surface area contributed by atoms with Crippen LogP contribution in [0.5, 0.6) is 5.75 Å². The molecule has 0 heterocycles. The molecule has 1 aromatic rings. The van der Waals surface area contributed by atoms with E-state index in [0.29, 0.717) is 12.0 Å². The van der Waals surface area contributed by atoms with E-state index >= 15 is 0 Å². The van der Waals surface area contributed by atoms with Crippen molar-refractivity contribution in [2.45, 2.75) is 51.0 Å². The maximum absolute atomic E-state index is 13.5. The van der Waals surface area contributed by atoms with E-state index < -0.39 is 51.9 Å². The first-order valence-corrected chi connectivity index (χ1v) is 10.9. The second-order valence-electron chi connectivity index (χ2n) is 9.29. The van der Waals surface area contributed by atoms with Crippen LogP contribution >= 0.6 is 0 Å². The number of allylic oxidation sites excluding steroid dienone is 3. The summed E-state index contributed by atoms with van der Waals surface area (Å²) < 4.78 is 0. The normalized spacial score (nSPS) is 29.2. The van der Waals surface area contributed by atoms with E-state index in [1.165, 1.54) is 11.6 Å². The summed E-state index contributed by atoms with van der Waals surface area (Å²) in [4.78, 5) is 38.4. The average Bonchev–Trinajstić information content (AvgIpc) is 2.68. The summed E-state index contributed by atoms with van der Waals surface area (Å²) in [5.41, 5.74) is -0.209. The van der Waals surface area contributed by atoms with Crippen LogP contribution in [0, 0.1) is 11.8 Å². The molecule has 7 nitrogen and oxygen atoms in total. The molecule has 0 radical (unpaired) electrons. The zero-order chi connectivity index (χ0) is 22.9. The monoisotopic (exact) mass is 436 g/mol. The Balaban J connectivity index is 1.66. The van der Waals surface area contributed by atoms with Crippen LogP contribution in [0.1, 0.15) is 60.5 Å². The predicted molar refractivity (Wildman–Crippen MR) is 114 cm³/mol. The summed E-state index contributed by atoms with van der Waals surface area (Å²) >= 11 is 0. The molecular weight excluding hydrogens is 412 g/mol. The third-order valence-corrected chi connectivity index (χ3v) is 7.44. The maximum atomic E-state index is 13.5. The van der Waals surface area contributed by atoms with Crippen molar-refractivity contribution in [1.82, 2.24) is 0 Å². The number of phenolic OH excluding ortho intramolecular Hbond substituents is 1. The van der Waals surface area contributed by atoms with E-state index in [1.807, 2.05) is 6.08 Å². The second kappa shape index (κ2) is 6.90. The van der Waals surface area contributed by atoms with Gasteiger partial charge in [-0.1, -0.05) is 17.7 Å². The number of carbonyl (C=O) groups is 3. The van der Waals surface area contributed by atoms with Gasteiger partial charge >= 0.3 is 0 Å². The summed E-state index contributed by atoms with van der Waals surface area (Å²) in [5, 5.41) is 43.1. The molecular formula is C25H24O7. The van der Waals surface area contributed by atoms with Gasteiger partial charge in [-0.3, -0.25) is 14.4 Å². The number of hydrogen-bond acceptors (Lipinski definition) is 7. The van der Waals surface area contributed by atoms with E-state index in [-0.39, 0.29) is 29.7 Å². The Kier molecular flexibility index (Phi) is 4.47. The van der Waals surface area contributed by atoms with Gasteiger partial charge in [-0.2, -0.15) is 0 Å². The number of Topliss-reactive ketones (excluding diaryl/α,β-unsaturated/α-hetero) is 3. The fourth-order valence-corrected chi connectivity index (χ4v) is 5.63. The third-order valence-electron chi connectivity index (χ3n) is 7.44. The number of carbonyl (C=O) groups excluding carboxylic acids is 3. The SMILES string of the molecule is CC(=O)C1=C(O)CC2CC3Cc4c(C=C5CCC5)ccc(O)c4C(=O)C3=C(O)C2(O)C1=O. The quantitative estimate of drug-likeness (QED) is 0.523. The molecule has 0 bridgehead atoms. The number of aromatic hydroxyl groups is 1. The molecule has 1 saturated carbocycles. The van der Waals surface area contributed by atoms with E-state index in [0.717, 1.165) is 31.7 Å². The minimum absolute atomic E-state index is 0.0759. The maximum Gasteiger partial charge on any atom is 0.209 e. The summed E-state index contributed by atoms with van der Waals surface area (Å²) in [5.74, 6) is -5.17. The molecule has 3 unspecified atom stereocenters. The topological polar surface area (TPSA) is 132 Å². The van der Waals surface area contributed by atoms with Crippen molar-refractivity contribution in [1.29, 1.82) is 0 Å². The number of aliphatic hydroxyl groups is 3. The Bertz CT molecular complexity index is 1190. The van der Waals surface area contributed by atoms with Crippen LogP contribution in [0.15, 0.2) is 40.4 Å². The fourth-order valence-electron chi connectivity index (χ4n) is 5.63. The molecule has 1 fully saturated rings. The second-order valence-corrected chi connectivity index (χ2v) is 9.29. The van der Waals surface area contributed by atoms with Gasteiger partial charge in [0, 0.05) is 17.9 Å². The number of ketones is 3. The molecule has 166 valence electrons. The smallest absolute Gasteiger partial charge is 0.209 e. The first-order chi connectivity index (χ1) is 15.1. The number of hydrogen-bond donors (Lipinski definition) is 4. The van der Waals surface area contributed by atoms with Crippen LogP contribution in [-0.2, 0) is 16.0 Å². The van der Waals surface area contributed by atoms with E-state index in [9.17, 15) is 34.8 Å².